The van der Waals surface area contributed by atoms with Gasteiger partial charge in [0, 0.05) is 6.61 Å². The van der Waals surface area contributed by atoms with Gasteiger partial charge in [0.25, 0.3) is 0 Å². The molecule has 1 rings (SSSR count). The first kappa shape index (κ1) is 14.5. The first-order valence-corrected chi connectivity index (χ1v) is 6.23. The number of hydrogen-bond acceptors (Lipinski definition) is 3. The second-order valence-corrected chi connectivity index (χ2v) is 4.03. The summed E-state index contributed by atoms with van der Waals surface area (Å²) < 4.78 is 10.5. The van der Waals surface area contributed by atoms with Gasteiger partial charge in [0.2, 0.25) is 0 Å². The summed E-state index contributed by atoms with van der Waals surface area (Å²) in [7, 11) is 0. The van der Waals surface area contributed by atoms with E-state index in [1.54, 1.807) is 6.07 Å². The van der Waals surface area contributed by atoms with Crippen LogP contribution in [0.15, 0.2) is 37.1 Å². The Kier molecular flexibility index (Phi) is 6.15. The lowest BCUT2D eigenvalue weighted by atomic mass is 10.0. The molecule has 1 atom stereocenters. The molecule has 0 aliphatic heterocycles. The first-order valence-electron chi connectivity index (χ1n) is 6.23. The van der Waals surface area contributed by atoms with E-state index in [0.29, 0.717) is 12.2 Å². The molecule has 98 valence electrons. The summed E-state index contributed by atoms with van der Waals surface area (Å²) in [6.45, 7) is 8.14. The highest BCUT2D eigenvalue weighted by atomic mass is 16.5. The molecular weight excluding hydrogens is 228 g/mol. The van der Waals surface area contributed by atoms with Crippen LogP contribution in [0, 0.1) is 0 Å². The maximum absolute atomic E-state index is 11.8. The van der Waals surface area contributed by atoms with Crippen molar-refractivity contribution in [3.05, 3.63) is 48.2 Å². The Morgan fingerprint density at radius 2 is 2.17 bits per heavy atom. The second kappa shape index (κ2) is 7.67. The SMILES string of the molecule is C=COC(=O)c1ccccc1C(C)OCCCC. The third-order valence-electron chi connectivity index (χ3n) is 2.67. The van der Waals surface area contributed by atoms with E-state index in [1.807, 2.05) is 25.1 Å². The number of esters is 1. The Labute approximate surface area is 108 Å². The van der Waals surface area contributed by atoms with Crippen molar-refractivity contribution in [1.29, 1.82) is 0 Å². The molecule has 0 fully saturated rings. The monoisotopic (exact) mass is 248 g/mol. The van der Waals surface area contributed by atoms with E-state index in [4.69, 9.17) is 9.47 Å². The lowest BCUT2D eigenvalue weighted by molar-refractivity contribution is 0.0571. The van der Waals surface area contributed by atoms with Gasteiger partial charge in [-0.15, -0.1) is 0 Å². The normalized spacial score (nSPS) is 11.9. The van der Waals surface area contributed by atoms with Gasteiger partial charge in [0.15, 0.2) is 0 Å². The maximum Gasteiger partial charge on any atom is 0.343 e. The van der Waals surface area contributed by atoms with Crippen LogP contribution in [0.4, 0.5) is 0 Å². The lowest BCUT2D eigenvalue weighted by Crippen LogP contribution is -2.10. The fraction of sp³-hybridized carbons (Fsp3) is 0.400. The van der Waals surface area contributed by atoms with Crippen molar-refractivity contribution in [1.82, 2.24) is 0 Å². The van der Waals surface area contributed by atoms with E-state index in [0.717, 1.165) is 24.7 Å². The van der Waals surface area contributed by atoms with Gasteiger partial charge >= 0.3 is 5.97 Å². The minimum Gasteiger partial charge on any atom is -0.432 e. The van der Waals surface area contributed by atoms with E-state index >= 15 is 0 Å². The summed E-state index contributed by atoms with van der Waals surface area (Å²) in [5.41, 5.74) is 1.38. The van der Waals surface area contributed by atoms with E-state index < -0.39 is 5.97 Å². The molecule has 1 aromatic rings. The molecule has 18 heavy (non-hydrogen) atoms. The Morgan fingerprint density at radius 3 is 2.83 bits per heavy atom. The Bertz CT molecular complexity index is 398. The van der Waals surface area contributed by atoms with Gasteiger partial charge in [0.1, 0.15) is 0 Å². The number of carbonyl (C=O) groups excluding carboxylic acids is 1. The number of ether oxygens (including phenoxy) is 2. The van der Waals surface area contributed by atoms with E-state index in [1.165, 1.54) is 0 Å². The molecule has 0 saturated heterocycles. The van der Waals surface area contributed by atoms with Crippen LogP contribution in [0.25, 0.3) is 0 Å². The fourth-order valence-electron chi connectivity index (χ4n) is 1.67. The first-order chi connectivity index (χ1) is 8.70. The standard InChI is InChI=1S/C15H20O3/c1-4-6-11-18-12(3)13-9-7-8-10-14(13)15(16)17-5-2/h5,7-10,12H,2,4,6,11H2,1,3H3. The van der Waals surface area contributed by atoms with Crippen LogP contribution >= 0.6 is 0 Å². The number of carbonyl (C=O) groups is 1. The van der Waals surface area contributed by atoms with Gasteiger partial charge in [-0.05, 0) is 25.0 Å². The quantitative estimate of drug-likeness (QED) is 0.417. The minimum absolute atomic E-state index is 0.120. The van der Waals surface area contributed by atoms with Crippen LogP contribution in [0.1, 0.15) is 48.7 Å². The van der Waals surface area contributed by atoms with Gasteiger partial charge < -0.3 is 9.47 Å². The van der Waals surface area contributed by atoms with Gasteiger partial charge in [-0.1, -0.05) is 38.1 Å². The van der Waals surface area contributed by atoms with Crippen LogP contribution in [0.5, 0.6) is 0 Å². The molecule has 0 saturated carbocycles. The number of hydrogen-bond donors (Lipinski definition) is 0. The molecule has 1 aromatic carbocycles. The molecule has 0 aromatic heterocycles. The molecule has 0 radical (unpaired) electrons. The lowest BCUT2D eigenvalue weighted by Gasteiger charge is -2.16. The molecule has 0 bridgehead atoms. The molecule has 0 aliphatic rings. The smallest absolute Gasteiger partial charge is 0.343 e. The molecule has 0 N–H and O–H groups in total. The minimum atomic E-state index is -0.397. The Morgan fingerprint density at radius 1 is 1.44 bits per heavy atom. The highest BCUT2D eigenvalue weighted by molar-refractivity contribution is 5.91. The predicted molar refractivity (Wildman–Crippen MR) is 71.3 cm³/mol. The number of rotatable bonds is 7. The zero-order chi connectivity index (χ0) is 13.4. The van der Waals surface area contributed by atoms with Crippen LogP contribution < -0.4 is 0 Å². The van der Waals surface area contributed by atoms with Gasteiger partial charge in [-0.25, -0.2) is 4.79 Å². The van der Waals surface area contributed by atoms with Crippen molar-refractivity contribution in [2.75, 3.05) is 6.61 Å². The summed E-state index contributed by atoms with van der Waals surface area (Å²) in [6, 6.07) is 7.32. The van der Waals surface area contributed by atoms with Crippen LogP contribution in [-0.4, -0.2) is 12.6 Å². The van der Waals surface area contributed by atoms with Gasteiger partial charge in [-0.3, -0.25) is 0 Å². The van der Waals surface area contributed by atoms with Crippen molar-refractivity contribution < 1.29 is 14.3 Å². The van der Waals surface area contributed by atoms with Crippen LogP contribution in [0.3, 0.4) is 0 Å². The van der Waals surface area contributed by atoms with Crippen LogP contribution in [0.2, 0.25) is 0 Å². The molecule has 0 heterocycles. The highest BCUT2D eigenvalue weighted by Gasteiger charge is 2.16. The zero-order valence-corrected chi connectivity index (χ0v) is 11.0. The van der Waals surface area contributed by atoms with Crippen molar-refractivity contribution in [3.63, 3.8) is 0 Å². The third-order valence-corrected chi connectivity index (χ3v) is 2.67. The number of unbranched alkanes of at least 4 members (excludes halogenated alkanes) is 1. The molecule has 1 unspecified atom stereocenters. The van der Waals surface area contributed by atoms with E-state index in [2.05, 4.69) is 13.5 Å². The summed E-state index contributed by atoms with van der Waals surface area (Å²) in [5.74, 6) is -0.397. The van der Waals surface area contributed by atoms with E-state index in [9.17, 15) is 4.79 Å². The topological polar surface area (TPSA) is 35.5 Å². The van der Waals surface area contributed by atoms with Gasteiger partial charge in [0.05, 0.1) is 17.9 Å². The fourth-order valence-corrected chi connectivity index (χ4v) is 1.67. The largest absolute Gasteiger partial charge is 0.432 e. The van der Waals surface area contributed by atoms with Crippen molar-refractivity contribution in [2.45, 2.75) is 32.8 Å². The second-order valence-electron chi connectivity index (χ2n) is 4.03. The number of benzene rings is 1. The zero-order valence-electron chi connectivity index (χ0n) is 11.0. The van der Waals surface area contributed by atoms with Crippen molar-refractivity contribution in [3.8, 4) is 0 Å². The van der Waals surface area contributed by atoms with Crippen LogP contribution in [-0.2, 0) is 9.47 Å². The third kappa shape index (κ3) is 4.00. The predicted octanol–water partition coefficient (Wildman–Crippen LogP) is 3.86. The summed E-state index contributed by atoms with van der Waals surface area (Å²) in [6.07, 6.45) is 3.13. The van der Waals surface area contributed by atoms with Gasteiger partial charge in [-0.2, -0.15) is 0 Å². The average Bonchev–Trinajstić information content (AvgIpc) is 2.39. The van der Waals surface area contributed by atoms with E-state index in [-0.39, 0.29) is 6.10 Å². The van der Waals surface area contributed by atoms with Crippen molar-refractivity contribution >= 4 is 5.97 Å². The summed E-state index contributed by atoms with van der Waals surface area (Å²) in [4.78, 5) is 11.8. The molecular formula is C15H20O3. The highest BCUT2D eigenvalue weighted by Crippen LogP contribution is 2.22. The molecule has 3 heteroatoms. The maximum atomic E-state index is 11.8. The average molecular weight is 248 g/mol. The molecule has 0 amide bonds. The van der Waals surface area contributed by atoms with Crippen molar-refractivity contribution in [2.24, 2.45) is 0 Å². The summed E-state index contributed by atoms with van der Waals surface area (Å²) >= 11 is 0. The Balaban J connectivity index is 2.80. The molecule has 0 aliphatic carbocycles. The molecule has 3 nitrogen and oxygen atoms in total. The molecule has 0 spiro atoms. The summed E-state index contributed by atoms with van der Waals surface area (Å²) in [5, 5.41) is 0. The Hall–Kier alpha value is -1.61.